The molecule has 3 amide bonds. The van der Waals surface area contributed by atoms with Gasteiger partial charge in [-0.25, -0.2) is 9.59 Å². The predicted octanol–water partition coefficient (Wildman–Crippen LogP) is 3.42. The van der Waals surface area contributed by atoms with Gasteiger partial charge in [-0.15, -0.1) is 33.3 Å². The first-order valence-electron chi connectivity index (χ1n) is 12.5. The zero-order chi connectivity index (χ0) is 29.8. The SMILES string of the molecule is COc1ccc(COC(=O)NC(C(=O)N[C@H]2C(=O)N3C(C(=O)O)=C(CSc4nnc(C)s4)CSC23)c2cccs2)cc1. The third-order valence-corrected chi connectivity index (χ3v) is 10.6. The first-order valence-corrected chi connectivity index (χ1v) is 16.2. The van der Waals surface area contributed by atoms with Crippen LogP contribution in [0.1, 0.15) is 21.5 Å². The molecule has 0 spiro atoms. The molecule has 2 aromatic heterocycles. The maximum Gasteiger partial charge on any atom is 0.408 e. The van der Waals surface area contributed by atoms with Gasteiger partial charge in [0, 0.05) is 16.4 Å². The summed E-state index contributed by atoms with van der Waals surface area (Å²) >= 11 is 5.41. The molecule has 16 heteroatoms. The third-order valence-electron chi connectivity index (χ3n) is 6.31. The van der Waals surface area contributed by atoms with E-state index in [1.807, 2.05) is 6.92 Å². The molecule has 4 heterocycles. The maximum atomic E-state index is 13.4. The Labute approximate surface area is 256 Å². The van der Waals surface area contributed by atoms with Gasteiger partial charge in [0.25, 0.3) is 5.91 Å². The smallest absolute Gasteiger partial charge is 0.408 e. The van der Waals surface area contributed by atoms with Crippen LogP contribution >= 0.6 is 46.2 Å². The second kappa shape index (κ2) is 13.1. The van der Waals surface area contributed by atoms with E-state index in [0.717, 1.165) is 10.6 Å². The largest absolute Gasteiger partial charge is 0.497 e. The van der Waals surface area contributed by atoms with Gasteiger partial charge in [-0.1, -0.05) is 41.3 Å². The summed E-state index contributed by atoms with van der Waals surface area (Å²) < 4.78 is 11.2. The molecule has 2 aliphatic heterocycles. The summed E-state index contributed by atoms with van der Waals surface area (Å²) in [6.45, 7) is 1.81. The number of amides is 3. The average Bonchev–Trinajstić information content (AvgIpc) is 3.68. The van der Waals surface area contributed by atoms with Crippen LogP contribution in [-0.4, -0.2) is 74.1 Å². The van der Waals surface area contributed by atoms with Gasteiger partial charge < -0.3 is 25.2 Å². The van der Waals surface area contributed by atoms with Gasteiger partial charge in [0.05, 0.1) is 7.11 Å². The molecule has 3 N–H and O–H groups in total. The van der Waals surface area contributed by atoms with Crippen LogP contribution in [-0.2, 0) is 25.7 Å². The van der Waals surface area contributed by atoms with Crippen LogP contribution in [0.2, 0.25) is 0 Å². The second-order valence-corrected chi connectivity index (χ2v) is 13.5. The Balaban J connectivity index is 1.23. The minimum absolute atomic E-state index is 0.0209. The number of nitrogens with zero attached hydrogens (tertiary/aromatic N) is 3. The normalized spacial score (nSPS) is 18.5. The van der Waals surface area contributed by atoms with Crippen LogP contribution in [0.4, 0.5) is 4.79 Å². The summed E-state index contributed by atoms with van der Waals surface area (Å²) in [7, 11) is 1.55. The lowest BCUT2D eigenvalue weighted by atomic mass is 10.0. The lowest BCUT2D eigenvalue weighted by Gasteiger charge is -2.49. The van der Waals surface area contributed by atoms with E-state index < -0.39 is 41.3 Å². The average molecular weight is 648 g/mol. The van der Waals surface area contributed by atoms with E-state index in [2.05, 4.69) is 20.8 Å². The van der Waals surface area contributed by atoms with Crippen molar-refractivity contribution < 1.29 is 33.8 Å². The third kappa shape index (κ3) is 6.56. The lowest BCUT2D eigenvalue weighted by molar-refractivity contribution is -0.151. The Morgan fingerprint density at radius 1 is 1.21 bits per heavy atom. The number of β-lactam (4-membered cyclic amide) rings is 1. The standard InChI is InChI=1S/C26H25N5O7S4/c1-13-29-30-26(42-13)41-12-15-11-40-23-19(22(33)31(23)20(15)24(34)35)27-21(32)18(17-4-3-9-39-17)28-25(36)38-10-14-5-7-16(37-2)8-6-14/h3-9,18-19,23H,10-12H2,1-2H3,(H,27,32)(H,28,36)(H,34,35)/t18?,19-,23?/m0/s1. The maximum absolute atomic E-state index is 13.4. The second-order valence-electron chi connectivity index (χ2n) is 9.05. The number of thioether (sulfide) groups is 2. The Kier molecular flexibility index (Phi) is 9.35. The summed E-state index contributed by atoms with van der Waals surface area (Å²) in [5, 5.41) is 25.2. The fourth-order valence-electron chi connectivity index (χ4n) is 4.27. The quantitative estimate of drug-likeness (QED) is 0.207. The molecule has 1 saturated heterocycles. The molecular formula is C26H25N5O7S4. The van der Waals surface area contributed by atoms with Crippen molar-refractivity contribution in [2.75, 3.05) is 18.6 Å². The summed E-state index contributed by atoms with van der Waals surface area (Å²) in [5.74, 6) is -0.954. The van der Waals surface area contributed by atoms with E-state index in [4.69, 9.17) is 9.47 Å². The van der Waals surface area contributed by atoms with Crippen LogP contribution < -0.4 is 15.4 Å². The number of thiophene rings is 1. The van der Waals surface area contributed by atoms with E-state index in [-0.39, 0.29) is 12.3 Å². The van der Waals surface area contributed by atoms with Crippen molar-refractivity contribution in [3.05, 3.63) is 68.5 Å². The highest BCUT2D eigenvalue weighted by Crippen LogP contribution is 2.42. The number of carbonyl (C=O) groups excluding carboxylic acids is 3. The van der Waals surface area contributed by atoms with Crippen molar-refractivity contribution in [1.29, 1.82) is 0 Å². The minimum Gasteiger partial charge on any atom is -0.497 e. The highest BCUT2D eigenvalue weighted by atomic mass is 32.2. The van der Waals surface area contributed by atoms with E-state index in [9.17, 15) is 24.3 Å². The summed E-state index contributed by atoms with van der Waals surface area (Å²) in [6.07, 6.45) is -0.808. The first kappa shape index (κ1) is 29.9. The molecule has 2 unspecified atom stereocenters. The van der Waals surface area contributed by atoms with Crippen molar-refractivity contribution in [1.82, 2.24) is 25.7 Å². The van der Waals surface area contributed by atoms with Gasteiger partial charge in [0.2, 0.25) is 5.91 Å². The number of methoxy groups -OCH3 is 1. The number of aromatic nitrogens is 2. The molecule has 0 saturated carbocycles. The van der Waals surface area contributed by atoms with Crippen LogP contribution in [0.3, 0.4) is 0 Å². The Bertz CT molecular complexity index is 1510. The van der Waals surface area contributed by atoms with E-state index in [0.29, 0.717) is 32.0 Å². The van der Waals surface area contributed by atoms with Crippen molar-refractivity contribution in [2.24, 2.45) is 0 Å². The Morgan fingerprint density at radius 2 is 2.00 bits per heavy atom. The van der Waals surface area contributed by atoms with Crippen LogP contribution in [0.25, 0.3) is 0 Å². The summed E-state index contributed by atoms with van der Waals surface area (Å²) in [6, 6.07) is 8.37. The Morgan fingerprint density at radius 3 is 2.64 bits per heavy atom. The highest BCUT2D eigenvalue weighted by molar-refractivity contribution is 8.01. The first-order chi connectivity index (χ1) is 20.2. The number of carbonyl (C=O) groups is 4. The predicted molar refractivity (Wildman–Crippen MR) is 158 cm³/mol. The van der Waals surface area contributed by atoms with Gasteiger partial charge in [-0.3, -0.25) is 14.5 Å². The number of hydrogen-bond acceptors (Lipinski definition) is 12. The number of carboxylic acid groups (broad SMARTS) is 1. The van der Waals surface area contributed by atoms with Gasteiger partial charge in [-0.2, -0.15) is 0 Å². The zero-order valence-corrected chi connectivity index (χ0v) is 25.5. The molecule has 12 nitrogen and oxygen atoms in total. The lowest BCUT2D eigenvalue weighted by Crippen LogP contribution is -2.71. The number of benzene rings is 1. The van der Waals surface area contributed by atoms with Crippen molar-refractivity contribution in [3.8, 4) is 5.75 Å². The fourth-order valence-corrected chi connectivity index (χ4v) is 8.34. The highest BCUT2D eigenvalue weighted by Gasteiger charge is 2.54. The van der Waals surface area contributed by atoms with E-state index in [1.165, 1.54) is 51.1 Å². The minimum atomic E-state index is -1.21. The number of aryl methyl sites for hydroxylation is 1. The number of aliphatic carboxylic acids is 1. The van der Waals surface area contributed by atoms with Gasteiger partial charge >= 0.3 is 12.1 Å². The molecule has 5 rings (SSSR count). The van der Waals surface area contributed by atoms with Crippen LogP contribution in [0, 0.1) is 6.92 Å². The molecular weight excluding hydrogens is 623 g/mol. The molecule has 42 heavy (non-hydrogen) atoms. The molecule has 3 aromatic rings. The van der Waals surface area contributed by atoms with Crippen LogP contribution in [0.5, 0.6) is 5.75 Å². The molecule has 220 valence electrons. The number of rotatable bonds is 11. The molecule has 2 aliphatic rings. The van der Waals surface area contributed by atoms with Gasteiger partial charge in [-0.05, 0) is 41.6 Å². The van der Waals surface area contributed by atoms with Crippen molar-refractivity contribution in [2.45, 2.75) is 35.3 Å². The van der Waals surface area contributed by atoms with Gasteiger partial charge in [0.15, 0.2) is 4.34 Å². The summed E-state index contributed by atoms with van der Waals surface area (Å²) in [5.41, 5.74) is 1.26. The van der Waals surface area contributed by atoms with Crippen molar-refractivity contribution in [3.63, 3.8) is 0 Å². The molecule has 0 bridgehead atoms. The van der Waals surface area contributed by atoms with Crippen molar-refractivity contribution >= 4 is 70.1 Å². The number of ether oxygens (including phenoxy) is 2. The monoisotopic (exact) mass is 647 g/mol. The molecule has 1 fully saturated rings. The number of hydrogen-bond donors (Lipinski definition) is 3. The molecule has 0 aliphatic carbocycles. The zero-order valence-electron chi connectivity index (χ0n) is 22.3. The fraction of sp³-hybridized carbons (Fsp3) is 0.308. The topological polar surface area (TPSA) is 160 Å². The Hall–Kier alpha value is -3.60. The number of fused-ring (bicyclic) bond motifs is 1. The number of alkyl carbamates (subject to hydrolysis) is 1. The van der Waals surface area contributed by atoms with E-state index in [1.54, 1.807) is 48.9 Å². The number of carboxylic acids is 1. The van der Waals surface area contributed by atoms with Crippen LogP contribution in [0.15, 0.2) is 57.4 Å². The molecule has 0 radical (unpaired) electrons. The number of nitrogens with one attached hydrogen (secondary N) is 2. The molecule has 3 atom stereocenters. The van der Waals surface area contributed by atoms with E-state index >= 15 is 0 Å². The molecule has 1 aromatic carbocycles. The van der Waals surface area contributed by atoms with Gasteiger partial charge in [0.1, 0.15) is 40.5 Å². The summed E-state index contributed by atoms with van der Waals surface area (Å²) in [4.78, 5) is 53.1.